The summed E-state index contributed by atoms with van der Waals surface area (Å²) < 4.78 is 35.7. The minimum Gasteiger partial charge on any atom is -0.452 e. The number of nitrogens with zero attached hydrogens (tertiary/aromatic N) is 3. The van der Waals surface area contributed by atoms with Crippen molar-refractivity contribution in [2.24, 2.45) is 5.92 Å². The molecule has 1 amide bonds. The first-order valence-corrected chi connectivity index (χ1v) is 12.8. The maximum absolute atomic E-state index is 14.7. The minimum absolute atomic E-state index is 0.0689. The van der Waals surface area contributed by atoms with Crippen molar-refractivity contribution in [3.63, 3.8) is 0 Å². The minimum atomic E-state index is -1.52. The Bertz CT molecular complexity index is 1370. The van der Waals surface area contributed by atoms with E-state index in [-0.39, 0.29) is 35.2 Å². The smallest absolute Gasteiger partial charge is 0.414 e. The number of aromatic nitrogens is 2. The van der Waals surface area contributed by atoms with Crippen LogP contribution in [-0.4, -0.2) is 39.7 Å². The summed E-state index contributed by atoms with van der Waals surface area (Å²) in [4.78, 5) is 31.2. The molecule has 4 atom stereocenters. The maximum Gasteiger partial charge on any atom is 0.414 e. The van der Waals surface area contributed by atoms with Gasteiger partial charge in [0, 0.05) is 29.1 Å². The zero-order chi connectivity index (χ0) is 26.4. The summed E-state index contributed by atoms with van der Waals surface area (Å²) in [5.41, 5.74) is 2.67. The molecule has 7 nitrogen and oxygen atoms in total. The Kier molecular flexibility index (Phi) is 6.74. The van der Waals surface area contributed by atoms with Gasteiger partial charge >= 0.3 is 6.09 Å². The summed E-state index contributed by atoms with van der Waals surface area (Å²) in [5, 5.41) is 11.4. The second-order valence-electron chi connectivity index (χ2n) is 10.2. The first-order valence-electron chi connectivity index (χ1n) is 12.8. The topological polar surface area (TPSA) is 84.7 Å². The van der Waals surface area contributed by atoms with Crippen LogP contribution in [0.3, 0.4) is 0 Å². The number of carbonyl (C=O) groups is 2. The fourth-order valence-corrected chi connectivity index (χ4v) is 6.00. The SMILES string of the molecule is COC(=O)N1c2ccc3c(nc([C@H](O)c4cc(F)ccc4F)n3[C@@H]3CCC[C@@H](C(C)=O)C3)c2CC[C@@H]1C. The van der Waals surface area contributed by atoms with Crippen LogP contribution in [0.25, 0.3) is 11.0 Å². The van der Waals surface area contributed by atoms with E-state index in [1.54, 1.807) is 11.8 Å². The lowest BCUT2D eigenvalue weighted by atomic mass is 9.83. The predicted molar refractivity (Wildman–Crippen MR) is 134 cm³/mol. The van der Waals surface area contributed by atoms with Crippen LogP contribution in [0.5, 0.6) is 0 Å². The molecule has 2 heterocycles. The van der Waals surface area contributed by atoms with Gasteiger partial charge in [0.25, 0.3) is 0 Å². The predicted octanol–water partition coefficient (Wildman–Crippen LogP) is 5.62. The number of imidazole rings is 1. The lowest BCUT2D eigenvalue weighted by Gasteiger charge is -2.34. The van der Waals surface area contributed by atoms with Gasteiger partial charge in [-0.1, -0.05) is 6.42 Å². The van der Waals surface area contributed by atoms with Gasteiger partial charge in [-0.2, -0.15) is 0 Å². The van der Waals surface area contributed by atoms with Gasteiger partial charge in [-0.05, 0) is 76.3 Å². The van der Waals surface area contributed by atoms with E-state index >= 15 is 0 Å². The molecule has 3 aromatic rings. The van der Waals surface area contributed by atoms with Crippen LogP contribution >= 0.6 is 0 Å². The van der Waals surface area contributed by atoms with Gasteiger partial charge in [0.1, 0.15) is 29.3 Å². The van der Waals surface area contributed by atoms with Crippen LogP contribution in [0.2, 0.25) is 0 Å². The van der Waals surface area contributed by atoms with E-state index in [1.807, 2.05) is 23.6 Å². The molecule has 1 saturated carbocycles. The van der Waals surface area contributed by atoms with E-state index < -0.39 is 23.8 Å². The van der Waals surface area contributed by atoms with Gasteiger partial charge in [-0.3, -0.25) is 9.69 Å². The Labute approximate surface area is 214 Å². The molecule has 1 aliphatic heterocycles. The van der Waals surface area contributed by atoms with Crippen molar-refractivity contribution in [2.75, 3.05) is 12.0 Å². The molecular weight excluding hydrogens is 480 g/mol. The fraction of sp³-hybridized carbons (Fsp3) is 0.464. The average molecular weight is 512 g/mol. The van der Waals surface area contributed by atoms with E-state index in [0.29, 0.717) is 30.5 Å². The Morgan fingerprint density at radius 1 is 1.16 bits per heavy atom. The number of rotatable bonds is 4. The number of ketones is 1. The molecule has 1 aromatic heterocycles. The van der Waals surface area contributed by atoms with Crippen molar-refractivity contribution < 1.29 is 28.2 Å². The van der Waals surface area contributed by atoms with E-state index in [1.165, 1.54) is 7.11 Å². The number of amides is 1. The third-order valence-corrected chi connectivity index (χ3v) is 7.94. The molecule has 5 rings (SSSR count). The van der Waals surface area contributed by atoms with Gasteiger partial charge in [0.2, 0.25) is 0 Å². The number of hydrogen-bond donors (Lipinski definition) is 1. The number of benzene rings is 2. The third kappa shape index (κ3) is 4.39. The highest BCUT2D eigenvalue weighted by Crippen LogP contribution is 2.42. The van der Waals surface area contributed by atoms with Gasteiger partial charge in [-0.15, -0.1) is 0 Å². The third-order valence-electron chi connectivity index (χ3n) is 7.94. The summed E-state index contributed by atoms with van der Waals surface area (Å²) in [5.74, 6) is -1.18. The van der Waals surface area contributed by atoms with Gasteiger partial charge in [0.15, 0.2) is 0 Å². The molecule has 1 fully saturated rings. The van der Waals surface area contributed by atoms with Crippen LogP contribution < -0.4 is 4.90 Å². The van der Waals surface area contributed by atoms with Crippen molar-refractivity contribution in [2.45, 2.75) is 70.6 Å². The van der Waals surface area contributed by atoms with E-state index in [0.717, 1.165) is 48.5 Å². The standard InChI is InChI=1S/C28H31F2N3O4/c1-15-7-9-20-23(32(15)28(36)37-3)11-12-24-25(20)31-27(26(35)21-14-18(29)8-10-22(21)30)33(24)19-6-4-5-17(13-19)16(2)34/h8,10-12,14-15,17,19,26,35H,4-7,9,13H2,1-3H3/t15-,17+,19+,26+/m0/s1. The first-order chi connectivity index (χ1) is 17.7. The summed E-state index contributed by atoms with van der Waals surface area (Å²) >= 11 is 0. The summed E-state index contributed by atoms with van der Waals surface area (Å²) in [7, 11) is 1.34. The molecule has 196 valence electrons. The number of carbonyl (C=O) groups excluding carboxylic acids is 2. The Morgan fingerprint density at radius 2 is 1.95 bits per heavy atom. The van der Waals surface area contributed by atoms with Crippen molar-refractivity contribution >= 4 is 28.6 Å². The second kappa shape index (κ2) is 9.85. The molecule has 9 heteroatoms. The molecule has 0 spiro atoms. The summed E-state index contributed by atoms with van der Waals surface area (Å²) in [6.45, 7) is 3.55. The number of fused-ring (bicyclic) bond motifs is 3. The highest BCUT2D eigenvalue weighted by molar-refractivity contribution is 5.95. The van der Waals surface area contributed by atoms with Crippen LogP contribution in [0.1, 0.15) is 75.0 Å². The van der Waals surface area contributed by atoms with Crippen molar-refractivity contribution in [3.05, 3.63) is 58.9 Å². The largest absolute Gasteiger partial charge is 0.452 e. The number of methoxy groups -OCH3 is 1. The van der Waals surface area contributed by atoms with Crippen LogP contribution in [0, 0.1) is 17.6 Å². The molecule has 0 radical (unpaired) electrons. The molecule has 0 bridgehead atoms. The average Bonchev–Trinajstić information content (AvgIpc) is 3.29. The lowest BCUT2D eigenvalue weighted by Crippen LogP contribution is -2.42. The number of Topliss-reactive ketones (excluding diaryl/α,β-unsaturated/α-hetero) is 1. The highest BCUT2D eigenvalue weighted by atomic mass is 19.1. The number of anilines is 1. The van der Waals surface area contributed by atoms with Gasteiger partial charge in [0.05, 0.1) is 23.8 Å². The quantitative estimate of drug-likeness (QED) is 0.491. The normalized spacial score (nSPS) is 22.5. The van der Waals surface area contributed by atoms with Gasteiger partial charge in [-0.25, -0.2) is 18.6 Å². The van der Waals surface area contributed by atoms with Crippen molar-refractivity contribution in [1.29, 1.82) is 0 Å². The van der Waals surface area contributed by atoms with Crippen molar-refractivity contribution in [3.8, 4) is 0 Å². The van der Waals surface area contributed by atoms with E-state index in [4.69, 9.17) is 9.72 Å². The summed E-state index contributed by atoms with van der Waals surface area (Å²) in [6, 6.07) is 6.47. The first kappa shape index (κ1) is 25.3. The lowest BCUT2D eigenvalue weighted by molar-refractivity contribution is -0.122. The maximum atomic E-state index is 14.7. The summed E-state index contributed by atoms with van der Waals surface area (Å²) in [6.07, 6.45) is 2.34. The van der Waals surface area contributed by atoms with Crippen LogP contribution in [0.15, 0.2) is 30.3 Å². The van der Waals surface area contributed by atoms with E-state index in [9.17, 15) is 23.5 Å². The highest BCUT2D eigenvalue weighted by Gasteiger charge is 2.35. The van der Waals surface area contributed by atoms with Crippen LogP contribution in [-0.2, 0) is 16.0 Å². The zero-order valence-electron chi connectivity index (χ0n) is 21.2. The molecule has 0 saturated heterocycles. The number of hydrogen-bond acceptors (Lipinski definition) is 5. The number of halogens is 2. The van der Waals surface area contributed by atoms with Gasteiger partial charge < -0.3 is 14.4 Å². The van der Waals surface area contributed by atoms with Crippen molar-refractivity contribution in [1.82, 2.24) is 9.55 Å². The Morgan fingerprint density at radius 3 is 2.68 bits per heavy atom. The molecule has 1 aliphatic carbocycles. The zero-order valence-corrected chi connectivity index (χ0v) is 21.2. The Balaban J connectivity index is 1.71. The fourth-order valence-electron chi connectivity index (χ4n) is 6.00. The molecule has 0 unspecified atom stereocenters. The molecule has 2 aliphatic rings. The molecule has 2 aromatic carbocycles. The number of aliphatic hydroxyl groups excluding tert-OH is 1. The van der Waals surface area contributed by atoms with E-state index in [2.05, 4.69) is 0 Å². The molecule has 37 heavy (non-hydrogen) atoms. The van der Waals surface area contributed by atoms with Crippen LogP contribution in [0.4, 0.5) is 19.3 Å². The second-order valence-corrected chi connectivity index (χ2v) is 10.2. The monoisotopic (exact) mass is 511 g/mol. The number of ether oxygens (including phenoxy) is 1. The molecule has 1 N–H and O–H groups in total. The number of aryl methyl sites for hydroxylation is 1. The Hall–Kier alpha value is -3.33. The number of aliphatic hydroxyl groups is 1. The molecular formula is C28H31F2N3O4.